The van der Waals surface area contributed by atoms with Gasteiger partial charge in [0.05, 0.1) is 15.0 Å². The van der Waals surface area contributed by atoms with E-state index in [-0.39, 0.29) is 10.2 Å². The normalized spacial score (nSPS) is 10.4. The molecule has 0 spiro atoms. The number of amides is 1. The maximum atomic E-state index is 13.4. The lowest BCUT2D eigenvalue weighted by atomic mass is 10.3. The predicted octanol–water partition coefficient (Wildman–Crippen LogP) is 4.33. The summed E-state index contributed by atoms with van der Waals surface area (Å²) in [6, 6.07) is 3.45. The number of thiophene rings is 1. The highest BCUT2D eigenvalue weighted by molar-refractivity contribution is 9.10. The molecule has 7 heteroatoms. The average Bonchev–Trinajstić information content (AvgIpc) is 2.73. The first kappa shape index (κ1) is 13.5. The maximum absolute atomic E-state index is 13.4. The number of hydrogen-bond acceptors (Lipinski definition) is 3. The summed E-state index contributed by atoms with van der Waals surface area (Å²) in [6.45, 7) is 0. The fourth-order valence-electron chi connectivity index (χ4n) is 1.25. The molecule has 1 aromatic carbocycles. The smallest absolute Gasteiger partial charge is 0.265 e. The third-order valence-electron chi connectivity index (χ3n) is 2.07. The zero-order chi connectivity index (χ0) is 13.3. The van der Waals surface area contributed by atoms with Crippen LogP contribution in [0.25, 0.3) is 0 Å². The van der Waals surface area contributed by atoms with Gasteiger partial charge in [-0.3, -0.25) is 4.79 Å². The molecule has 0 saturated carbocycles. The molecule has 18 heavy (non-hydrogen) atoms. The Balaban J connectivity index is 2.24. The van der Waals surface area contributed by atoms with E-state index in [9.17, 15) is 13.6 Å². The van der Waals surface area contributed by atoms with Gasteiger partial charge < -0.3 is 5.32 Å². The van der Waals surface area contributed by atoms with E-state index in [2.05, 4.69) is 33.9 Å². The van der Waals surface area contributed by atoms with Gasteiger partial charge in [-0.05, 0) is 28.1 Å². The van der Waals surface area contributed by atoms with Crippen LogP contribution in [0.5, 0.6) is 0 Å². The van der Waals surface area contributed by atoms with Gasteiger partial charge in [-0.2, -0.15) is 0 Å². The number of benzene rings is 1. The number of anilines is 1. The lowest BCUT2D eigenvalue weighted by Gasteiger charge is -2.06. The van der Waals surface area contributed by atoms with Gasteiger partial charge in [-0.1, -0.05) is 0 Å². The van der Waals surface area contributed by atoms with Gasteiger partial charge in [0.1, 0.15) is 11.6 Å². The van der Waals surface area contributed by atoms with E-state index in [1.165, 1.54) is 17.4 Å². The first-order valence-corrected chi connectivity index (χ1v) is 6.83. The van der Waals surface area contributed by atoms with Gasteiger partial charge in [0.25, 0.3) is 5.91 Å². The Morgan fingerprint density at radius 1 is 1.28 bits per heavy atom. The lowest BCUT2D eigenvalue weighted by molar-refractivity contribution is 0.103. The molecular weight excluding hydrogens is 344 g/mol. The number of thiol groups is 1. The van der Waals surface area contributed by atoms with Gasteiger partial charge in [0.15, 0.2) is 0 Å². The molecule has 0 unspecified atom stereocenters. The van der Waals surface area contributed by atoms with Crippen molar-refractivity contribution in [2.24, 2.45) is 0 Å². The molecule has 1 heterocycles. The number of hydrogen-bond donors (Lipinski definition) is 2. The second-order valence-electron chi connectivity index (χ2n) is 3.37. The standard InChI is InChI=1S/C11H6BrF2NOS2/c12-6-2-9(8(14)3-7(6)13)15-11(16)10-1-5(17)4-18-10/h1-4,17H,(H,15,16). The third-order valence-corrected chi connectivity index (χ3v) is 4.04. The Bertz CT molecular complexity index is 615. The van der Waals surface area contributed by atoms with Crippen LogP contribution in [0, 0.1) is 11.6 Å². The Hall–Kier alpha value is -0.920. The molecule has 0 atom stereocenters. The minimum atomic E-state index is -0.827. The third kappa shape index (κ3) is 2.90. The van der Waals surface area contributed by atoms with Crippen LogP contribution in [-0.2, 0) is 0 Å². The first-order valence-electron chi connectivity index (χ1n) is 4.71. The molecule has 94 valence electrons. The highest BCUT2D eigenvalue weighted by Crippen LogP contribution is 2.25. The van der Waals surface area contributed by atoms with Crippen LogP contribution in [0.2, 0.25) is 0 Å². The minimum absolute atomic E-state index is 0.0811. The van der Waals surface area contributed by atoms with Gasteiger partial charge in [-0.15, -0.1) is 24.0 Å². The number of halogens is 3. The van der Waals surface area contributed by atoms with Gasteiger partial charge in [0, 0.05) is 16.3 Å². The largest absolute Gasteiger partial charge is 0.319 e. The molecule has 1 N–H and O–H groups in total. The summed E-state index contributed by atoms with van der Waals surface area (Å²) >= 11 is 8.20. The Labute approximate surface area is 120 Å². The quantitative estimate of drug-likeness (QED) is 0.613. The van der Waals surface area contributed by atoms with Crippen LogP contribution in [0.1, 0.15) is 9.67 Å². The van der Waals surface area contributed by atoms with Crippen molar-refractivity contribution in [1.82, 2.24) is 0 Å². The van der Waals surface area contributed by atoms with Crippen molar-refractivity contribution >= 4 is 51.5 Å². The fourth-order valence-corrected chi connectivity index (χ4v) is 2.63. The van der Waals surface area contributed by atoms with E-state index in [1.807, 2.05) is 0 Å². The Kier molecular flexibility index (Phi) is 4.04. The fraction of sp³-hybridized carbons (Fsp3) is 0. The van der Waals surface area contributed by atoms with Crippen molar-refractivity contribution in [2.45, 2.75) is 4.90 Å². The SMILES string of the molecule is O=C(Nc1cc(Br)c(F)cc1F)c1cc(S)cs1. The topological polar surface area (TPSA) is 29.1 Å². The van der Waals surface area contributed by atoms with E-state index >= 15 is 0 Å². The van der Waals surface area contributed by atoms with Gasteiger partial charge in [-0.25, -0.2) is 8.78 Å². The summed E-state index contributed by atoms with van der Waals surface area (Å²) < 4.78 is 26.5. The second-order valence-corrected chi connectivity index (χ2v) is 5.65. The van der Waals surface area contributed by atoms with Crippen LogP contribution in [0.15, 0.2) is 32.9 Å². The molecule has 0 bridgehead atoms. The summed E-state index contributed by atoms with van der Waals surface area (Å²) in [7, 11) is 0. The highest BCUT2D eigenvalue weighted by atomic mass is 79.9. The number of rotatable bonds is 2. The molecule has 0 fully saturated rings. The summed E-state index contributed by atoms with van der Waals surface area (Å²) in [6.07, 6.45) is 0. The number of nitrogens with one attached hydrogen (secondary N) is 1. The summed E-state index contributed by atoms with van der Waals surface area (Å²) in [5, 5.41) is 4.06. The van der Waals surface area contributed by atoms with Crippen molar-refractivity contribution in [3.05, 3.63) is 44.6 Å². The first-order chi connectivity index (χ1) is 8.47. The summed E-state index contributed by atoms with van der Waals surface area (Å²) in [5.74, 6) is -2.01. The molecule has 1 aromatic heterocycles. The second kappa shape index (κ2) is 5.38. The van der Waals surface area contributed by atoms with Crippen LogP contribution >= 0.6 is 39.9 Å². The van der Waals surface area contributed by atoms with E-state index in [1.54, 1.807) is 11.4 Å². The van der Waals surface area contributed by atoms with Crippen LogP contribution in [0.4, 0.5) is 14.5 Å². The van der Waals surface area contributed by atoms with Crippen molar-refractivity contribution in [3.63, 3.8) is 0 Å². The Morgan fingerprint density at radius 2 is 2.00 bits per heavy atom. The van der Waals surface area contributed by atoms with Gasteiger partial charge in [0.2, 0.25) is 0 Å². The van der Waals surface area contributed by atoms with Gasteiger partial charge >= 0.3 is 0 Å². The van der Waals surface area contributed by atoms with Crippen molar-refractivity contribution in [1.29, 1.82) is 0 Å². The number of carbonyl (C=O) groups is 1. The van der Waals surface area contributed by atoms with E-state index in [4.69, 9.17) is 0 Å². The molecule has 0 aliphatic carbocycles. The zero-order valence-electron chi connectivity index (χ0n) is 8.71. The maximum Gasteiger partial charge on any atom is 0.265 e. The van der Waals surface area contributed by atoms with Crippen molar-refractivity contribution in [2.75, 3.05) is 5.32 Å². The Morgan fingerprint density at radius 3 is 2.61 bits per heavy atom. The highest BCUT2D eigenvalue weighted by Gasteiger charge is 2.13. The predicted molar refractivity (Wildman–Crippen MR) is 73.6 cm³/mol. The molecule has 2 rings (SSSR count). The number of carbonyl (C=O) groups excluding carboxylic acids is 1. The zero-order valence-corrected chi connectivity index (χ0v) is 12.0. The molecule has 1 amide bonds. The molecule has 0 saturated heterocycles. The monoisotopic (exact) mass is 349 g/mol. The molecule has 0 aliphatic heterocycles. The molecule has 0 aliphatic rings. The average molecular weight is 350 g/mol. The van der Waals surface area contributed by atoms with E-state index < -0.39 is 17.5 Å². The van der Waals surface area contributed by atoms with Crippen molar-refractivity contribution in [3.8, 4) is 0 Å². The molecule has 2 aromatic rings. The minimum Gasteiger partial charge on any atom is -0.319 e. The van der Waals surface area contributed by atoms with Crippen LogP contribution in [0.3, 0.4) is 0 Å². The molecule has 0 radical (unpaired) electrons. The molecule has 2 nitrogen and oxygen atoms in total. The van der Waals surface area contributed by atoms with Crippen molar-refractivity contribution < 1.29 is 13.6 Å². The van der Waals surface area contributed by atoms with E-state index in [0.717, 1.165) is 0 Å². The summed E-state index contributed by atoms with van der Waals surface area (Å²) in [4.78, 5) is 12.8. The summed E-state index contributed by atoms with van der Waals surface area (Å²) in [5.41, 5.74) is -0.0811. The lowest BCUT2D eigenvalue weighted by Crippen LogP contribution is -2.11. The van der Waals surface area contributed by atoms with Crippen LogP contribution < -0.4 is 5.32 Å². The van der Waals surface area contributed by atoms with E-state index in [0.29, 0.717) is 15.8 Å². The molecular formula is C11H6BrF2NOS2. The van der Waals surface area contributed by atoms with Crippen LogP contribution in [-0.4, -0.2) is 5.91 Å².